The van der Waals surface area contributed by atoms with Crippen molar-refractivity contribution in [2.75, 3.05) is 45.8 Å². The van der Waals surface area contributed by atoms with Gasteiger partial charge in [0.25, 0.3) is 0 Å². The Kier molecular flexibility index (Phi) is 19.1. The van der Waals surface area contributed by atoms with Crippen molar-refractivity contribution in [3.05, 3.63) is 10.4 Å². The minimum absolute atomic E-state index is 0.172. The lowest BCUT2D eigenvalue weighted by atomic mass is 10.0. The van der Waals surface area contributed by atoms with Gasteiger partial charge in [0.1, 0.15) is 22.4 Å². The fourth-order valence-electron chi connectivity index (χ4n) is 4.18. The average Bonchev–Trinajstić information content (AvgIpc) is 2.87. The standard InChI is InChI=1S/C33H63N7O8/c1-30(2,3)45-26(41)35-18-13-15-21-39(28(43)47-32(7,8)9)23-25(17-20-37-38-34)24-40(29(44)48-33(10,11)12)22-16-14-19-36-27(42)46-31(4,5)6/h25H,13-24H2,1-12H3,(H,35,41)(H,36,42). The van der Waals surface area contributed by atoms with Gasteiger partial charge in [0, 0.05) is 50.7 Å². The molecule has 0 aromatic carbocycles. The van der Waals surface area contributed by atoms with Crippen LogP contribution in [0.4, 0.5) is 19.2 Å². The Morgan fingerprint density at radius 3 is 1.29 bits per heavy atom. The quantitative estimate of drug-likeness (QED) is 0.0522. The number of carbonyl (C=O) groups excluding carboxylic acids is 4. The zero-order valence-corrected chi connectivity index (χ0v) is 31.6. The number of rotatable bonds is 17. The van der Waals surface area contributed by atoms with Crippen LogP contribution in [0, 0.1) is 5.92 Å². The van der Waals surface area contributed by atoms with Gasteiger partial charge in [0.2, 0.25) is 0 Å². The molecule has 0 heterocycles. The third kappa shape index (κ3) is 25.5. The SMILES string of the molecule is CC(C)(C)OC(=O)NCCCCN(CC(CCN=[N+]=[N-])CN(CCCCNC(=O)OC(C)(C)C)C(=O)OC(C)(C)C)C(=O)OC(C)(C)C. The number of ether oxygens (including phenoxy) is 4. The lowest BCUT2D eigenvalue weighted by Crippen LogP contribution is -2.45. The van der Waals surface area contributed by atoms with Gasteiger partial charge in [-0.05, 0) is 127 Å². The molecule has 0 saturated carbocycles. The van der Waals surface area contributed by atoms with Gasteiger partial charge >= 0.3 is 24.4 Å². The molecule has 0 saturated heterocycles. The molecule has 0 aliphatic heterocycles. The number of amides is 4. The van der Waals surface area contributed by atoms with Crippen molar-refractivity contribution in [1.29, 1.82) is 0 Å². The first kappa shape index (κ1) is 44.4. The lowest BCUT2D eigenvalue weighted by Gasteiger charge is -2.34. The zero-order chi connectivity index (χ0) is 37.2. The molecule has 0 rings (SSSR count). The second kappa shape index (κ2) is 20.7. The fourth-order valence-corrected chi connectivity index (χ4v) is 4.18. The molecule has 0 radical (unpaired) electrons. The molecule has 2 N–H and O–H groups in total. The maximum atomic E-state index is 13.3. The molecule has 15 nitrogen and oxygen atoms in total. The number of nitrogens with zero attached hydrogens (tertiary/aromatic N) is 5. The first-order chi connectivity index (χ1) is 21.9. The van der Waals surface area contributed by atoms with Gasteiger partial charge in [-0.1, -0.05) is 5.11 Å². The maximum absolute atomic E-state index is 13.3. The monoisotopic (exact) mass is 685 g/mol. The van der Waals surface area contributed by atoms with Crippen LogP contribution in [0.2, 0.25) is 0 Å². The topological polar surface area (TPSA) is 184 Å². The summed E-state index contributed by atoms with van der Waals surface area (Å²) in [7, 11) is 0. The van der Waals surface area contributed by atoms with E-state index in [0.717, 1.165) is 0 Å². The summed E-state index contributed by atoms with van der Waals surface area (Å²) in [6.07, 6.45) is 0.689. The Labute approximate surface area is 287 Å². The number of hydrogen-bond donors (Lipinski definition) is 2. The fraction of sp³-hybridized carbons (Fsp3) is 0.879. The van der Waals surface area contributed by atoms with Gasteiger partial charge in [0.15, 0.2) is 0 Å². The average molecular weight is 686 g/mol. The highest BCUT2D eigenvalue weighted by Crippen LogP contribution is 2.18. The summed E-state index contributed by atoms with van der Waals surface area (Å²) in [5.41, 5.74) is 6.25. The Morgan fingerprint density at radius 1 is 0.625 bits per heavy atom. The molecular formula is C33H63N7O8. The van der Waals surface area contributed by atoms with Crippen LogP contribution in [0.15, 0.2) is 5.11 Å². The highest BCUT2D eigenvalue weighted by molar-refractivity contribution is 5.69. The number of alkyl carbamates (subject to hydrolysis) is 2. The van der Waals surface area contributed by atoms with Crippen LogP contribution < -0.4 is 10.6 Å². The van der Waals surface area contributed by atoms with Gasteiger partial charge in [-0.25, -0.2) is 19.2 Å². The molecule has 4 amide bonds. The first-order valence-electron chi connectivity index (χ1n) is 16.8. The van der Waals surface area contributed by atoms with Crippen LogP contribution >= 0.6 is 0 Å². The largest absolute Gasteiger partial charge is 0.444 e. The van der Waals surface area contributed by atoms with E-state index >= 15 is 0 Å². The summed E-state index contributed by atoms with van der Waals surface area (Å²) in [6.45, 7) is 23.5. The third-order valence-electron chi connectivity index (χ3n) is 6.01. The van der Waals surface area contributed by atoms with E-state index in [9.17, 15) is 19.2 Å². The molecule has 0 aromatic rings. The van der Waals surface area contributed by atoms with Gasteiger partial charge in [-0.3, -0.25) is 0 Å². The van der Waals surface area contributed by atoms with Crippen molar-refractivity contribution in [3.8, 4) is 0 Å². The summed E-state index contributed by atoms with van der Waals surface area (Å²) in [6, 6.07) is 0. The van der Waals surface area contributed by atoms with E-state index in [1.165, 1.54) is 0 Å². The van der Waals surface area contributed by atoms with Crippen molar-refractivity contribution in [2.45, 2.75) is 138 Å². The smallest absolute Gasteiger partial charge is 0.410 e. The second-order valence-corrected chi connectivity index (χ2v) is 15.7. The maximum Gasteiger partial charge on any atom is 0.410 e. The summed E-state index contributed by atoms with van der Waals surface area (Å²) in [5, 5.41) is 9.15. The van der Waals surface area contributed by atoms with Crippen LogP contribution in [0.25, 0.3) is 10.4 Å². The van der Waals surface area contributed by atoms with Crippen molar-refractivity contribution in [2.24, 2.45) is 11.0 Å². The number of nitrogens with one attached hydrogen (secondary N) is 2. The zero-order valence-electron chi connectivity index (χ0n) is 31.6. The summed E-state index contributed by atoms with van der Waals surface area (Å²) < 4.78 is 22.0. The van der Waals surface area contributed by atoms with Crippen molar-refractivity contribution >= 4 is 24.4 Å². The summed E-state index contributed by atoms with van der Waals surface area (Å²) >= 11 is 0. The Hall–Kier alpha value is -3.61. The summed E-state index contributed by atoms with van der Waals surface area (Å²) in [4.78, 5) is 56.7. The minimum Gasteiger partial charge on any atom is -0.444 e. The summed E-state index contributed by atoms with van der Waals surface area (Å²) in [5.74, 6) is -0.282. The molecule has 0 unspecified atom stereocenters. The molecule has 0 atom stereocenters. The van der Waals surface area contributed by atoms with E-state index in [2.05, 4.69) is 20.7 Å². The molecule has 15 heteroatoms. The van der Waals surface area contributed by atoms with Crippen molar-refractivity contribution in [3.63, 3.8) is 0 Å². The van der Waals surface area contributed by atoms with E-state index in [4.69, 9.17) is 24.5 Å². The molecule has 0 bridgehead atoms. The second-order valence-electron chi connectivity index (χ2n) is 15.7. The van der Waals surface area contributed by atoms with Crippen LogP contribution in [0.1, 0.15) is 115 Å². The van der Waals surface area contributed by atoms with Crippen LogP contribution in [0.3, 0.4) is 0 Å². The van der Waals surface area contributed by atoms with E-state index in [-0.39, 0.29) is 25.6 Å². The molecular weight excluding hydrogens is 622 g/mol. The molecule has 0 aromatic heterocycles. The molecule has 48 heavy (non-hydrogen) atoms. The number of azide groups is 1. The highest BCUT2D eigenvalue weighted by Gasteiger charge is 2.29. The lowest BCUT2D eigenvalue weighted by molar-refractivity contribution is 0.0136. The molecule has 0 spiro atoms. The minimum atomic E-state index is -0.732. The number of unbranched alkanes of at least 4 members (excludes halogenated alkanes) is 2. The predicted molar refractivity (Wildman–Crippen MR) is 185 cm³/mol. The van der Waals surface area contributed by atoms with Crippen LogP contribution in [-0.2, 0) is 18.9 Å². The Bertz CT molecular complexity index is 980. The molecule has 278 valence electrons. The van der Waals surface area contributed by atoms with Crippen LogP contribution in [-0.4, -0.2) is 102 Å². The van der Waals surface area contributed by atoms with E-state index in [1.807, 2.05) is 0 Å². The number of hydrogen-bond acceptors (Lipinski definition) is 9. The predicted octanol–water partition coefficient (Wildman–Crippen LogP) is 7.39. The Balaban J connectivity index is 5.75. The van der Waals surface area contributed by atoms with Crippen molar-refractivity contribution in [1.82, 2.24) is 20.4 Å². The highest BCUT2D eigenvalue weighted by atomic mass is 16.6. The Morgan fingerprint density at radius 2 is 0.979 bits per heavy atom. The molecule has 0 aliphatic carbocycles. The van der Waals surface area contributed by atoms with Gasteiger partial charge in [0.05, 0.1) is 0 Å². The molecule has 0 aliphatic rings. The first-order valence-corrected chi connectivity index (χ1v) is 16.8. The van der Waals surface area contributed by atoms with Crippen LogP contribution in [0.5, 0.6) is 0 Å². The van der Waals surface area contributed by atoms with E-state index in [1.54, 1.807) is 92.9 Å². The number of carbonyl (C=O) groups is 4. The van der Waals surface area contributed by atoms with Gasteiger partial charge < -0.3 is 39.4 Å². The third-order valence-corrected chi connectivity index (χ3v) is 6.01. The molecule has 0 fully saturated rings. The van der Waals surface area contributed by atoms with E-state index in [0.29, 0.717) is 58.3 Å². The van der Waals surface area contributed by atoms with Gasteiger partial charge in [-0.15, -0.1) is 0 Å². The van der Waals surface area contributed by atoms with Gasteiger partial charge in [-0.2, -0.15) is 0 Å². The van der Waals surface area contributed by atoms with Crippen molar-refractivity contribution < 1.29 is 38.1 Å². The normalized spacial score (nSPS) is 12.0. The van der Waals surface area contributed by atoms with E-state index < -0.39 is 46.8 Å².